The van der Waals surface area contributed by atoms with Crippen LogP contribution in [0.3, 0.4) is 0 Å². The summed E-state index contributed by atoms with van der Waals surface area (Å²) in [6.07, 6.45) is 2.03. The zero-order valence-electron chi connectivity index (χ0n) is 10.9. The Kier molecular flexibility index (Phi) is 2.94. The molecular formula is C17H17O2. The molecule has 3 rings (SSSR count). The number of fused-ring (bicyclic) bond motifs is 1. The molecule has 2 nitrogen and oxygen atoms in total. The van der Waals surface area contributed by atoms with E-state index in [-0.39, 0.29) is 0 Å². The number of phenolic OH excluding ortho intramolecular Hbond substituents is 2. The molecule has 19 heavy (non-hydrogen) atoms. The number of aryl methyl sites for hydroxylation is 1. The van der Waals surface area contributed by atoms with Gasteiger partial charge in [0.05, 0.1) is 0 Å². The van der Waals surface area contributed by atoms with Crippen LogP contribution in [-0.2, 0) is 6.42 Å². The molecule has 0 saturated carbocycles. The van der Waals surface area contributed by atoms with Gasteiger partial charge >= 0.3 is 0 Å². The Labute approximate surface area is 113 Å². The van der Waals surface area contributed by atoms with Crippen LogP contribution in [-0.4, -0.2) is 10.2 Å². The molecule has 2 aromatic carbocycles. The van der Waals surface area contributed by atoms with Gasteiger partial charge in [-0.25, -0.2) is 0 Å². The van der Waals surface area contributed by atoms with Crippen molar-refractivity contribution in [3.05, 3.63) is 65.1 Å². The van der Waals surface area contributed by atoms with Crippen molar-refractivity contribution in [1.29, 1.82) is 0 Å². The highest BCUT2D eigenvalue weighted by molar-refractivity contribution is 5.49. The number of aromatic hydroxyl groups is 2. The first kappa shape index (κ1) is 12.1. The second kappa shape index (κ2) is 4.61. The maximum absolute atomic E-state index is 9.55. The van der Waals surface area contributed by atoms with E-state index in [0.717, 1.165) is 12.8 Å². The van der Waals surface area contributed by atoms with Crippen LogP contribution in [0.15, 0.2) is 42.5 Å². The van der Waals surface area contributed by atoms with Crippen LogP contribution in [0.25, 0.3) is 0 Å². The van der Waals surface area contributed by atoms with Crippen molar-refractivity contribution in [1.82, 2.24) is 0 Å². The standard InChI is InChI=1S/C17H17O2/c1-11-16(12-2-5-14(18)6-3-12)8-4-13-10-15(19)7-9-17(11)13/h2-3,5-7,9-10,16,18-19H,4,8H2,1H3. The lowest BCUT2D eigenvalue weighted by Gasteiger charge is -2.31. The summed E-state index contributed by atoms with van der Waals surface area (Å²) >= 11 is 0. The molecular weight excluding hydrogens is 236 g/mol. The normalized spacial score (nSPS) is 19.1. The van der Waals surface area contributed by atoms with Crippen LogP contribution in [0.4, 0.5) is 0 Å². The van der Waals surface area contributed by atoms with Crippen LogP contribution >= 0.6 is 0 Å². The van der Waals surface area contributed by atoms with Crippen LogP contribution in [0, 0.1) is 5.92 Å². The first-order valence-corrected chi connectivity index (χ1v) is 6.60. The summed E-state index contributed by atoms with van der Waals surface area (Å²) in [6, 6.07) is 13.1. The minimum Gasteiger partial charge on any atom is -0.508 e. The molecule has 97 valence electrons. The zero-order valence-corrected chi connectivity index (χ0v) is 10.9. The Bertz CT molecular complexity index is 587. The van der Waals surface area contributed by atoms with E-state index in [2.05, 4.69) is 6.92 Å². The third kappa shape index (κ3) is 2.19. The molecule has 0 spiro atoms. The van der Waals surface area contributed by atoms with Gasteiger partial charge in [-0.3, -0.25) is 0 Å². The fourth-order valence-electron chi connectivity index (χ4n) is 3.00. The number of benzene rings is 2. The SMILES string of the molecule is C[C]1c2ccc(O)cc2CCC1c1ccc(O)cc1. The van der Waals surface area contributed by atoms with E-state index < -0.39 is 0 Å². The highest BCUT2D eigenvalue weighted by Gasteiger charge is 2.27. The predicted molar refractivity (Wildman–Crippen MR) is 75.3 cm³/mol. The summed E-state index contributed by atoms with van der Waals surface area (Å²) in [5.41, 5.74) is 3.73. The van der Waals surface area contributed by atoms with Gasteiger partial charge in [-0.15, -0.1) is 0 Å². The molecule has 1 aliphatic carbocycles. The molecule has 1 radical (unpaired) electrons. The van der Waals surface area contributed by atoms with E-state index in [9.17, 15) is 10.2 Å². The highest BCUT2D eigenvalue weighted by atomic mass is 16.3. The lowest BCUT2D eigenvalue weighted by molar-refractivity contribution is 0.472. The van der Waals surface area contributed by atoms with E-state index in [1.807, 2.05) is 24.3 Å². The van der Waals surface area contributed by atoms with Crippen molar-refractivity contribution in [2.24, 2.45) is 0 Å². The smallest absolute Gasteiger partial charge is 0.115 e. The number of rotatable bonds is 1. The van der Waals surface area contributed by atoms with Gasteiger partial charge < -0.3 is 10.2 Å². The number of hydrogen-bond acceptors (Lipinski definition) is 2. The van der Waals surface area contributed by atoms with Gasteiger partial charge in [-0.1, -0.05) is 25.1 Å². The molecule has 0 heterocycles. The quantitative estimate of drug-likeness (QED) is 0.812. The fraction of sp³-hybridized carbons (Fsp3) is 0.235. The van der Waals surface area contributed by atoms with Crippen molar-refractivity contribution in [3.63, 3.8) is 0 Å². The lowest BCUT2D eigenvalue weighted by atomic mass is 9.73. The largest absolute Gasteiger partial charge is 0.508 e. The molecule has 1 unspecified atom stereocenters. The van der Waals surface area contributed by atoms with E-state index in [1.165, 1.54) is 22.6 Å². The summed E-state index contributed by atoms with van der Waals surface area (Å²) in [5, 5.41) is 18.9. The van der Waals surface area contributed by atoms with Gasteiger partial charge in [0, 0.05) is 5.92 Å². The Balaban J connectivity index is 1.95. The van der Waals surface area contributed by atoms with E-state index >= 15 is 0 Å². The maximum Gasteiger partial charge on any atom is 0.115 e. The summed E-state index contributed by atoms with van der Waals surface area (Å²) in [7, 11) is 0. The first-order chi connectivity index (χ1) is 9.15. The molecule has 0 saturated heterocycles. The summed E-state index contributed by atoms with van der Waals surface area (Å²) in [6.45, 7) is 2.16. The first-order valence-electron chi connectivity index (χ1n) is 6.60. The monoisotopic (exact) mass is 253 g/mol. The van der Waals surface area contributed by atoms with Gasteiger partial charge in [-0.05, 0) is 59.7 Å². The molecule has 1 aliphatic rings. The molecule has 1 atom stereocenters. The average molecular weight is 253 g/mol. The van der Waals surface area contributed by atoms with Crippen LogP contribution in [0.2, 0.25) is 0 Å². The zero-order chi connectivity index (χ0) is 13.4. The third-order valence-electron chi connectivity index (χ3n) is 4.03. The predicted octanol–water partition coefficient (Wildman–Crippen LogP) is 3.77. The Morgan fingerprint density at radius 3 is 2.37 bits per heavy atom. The summed E-state index contributed by atoms with van der Waals surface area (Å²) in [5.74, 6) is 2.39. The van der Waals surface area contributed by atoms with Crippen molar-refractivity contribution >= 4 is 0 Å². The molecule has 2 N–H and O–H groups in total. The maximum atomic E-state index is 9.55. The molecule has 0 amide bonds. The topological polar surface area (TPSA) is 40.5 Å². The van der Waals surface area contributed by atoms with Crippen molar-refractivity contribution in [3.8, 4) is 11.5 Å². The van der Waals surface area contributed by atoms with Gasteiger partial charge in [-0.2, -0.15) is 0 Å². The fourth-order valence-corrected chi connectivity index (χ4v) is 3.00. The lowest BCUT2D eigenvalue weighted by Crippen LogP contribution is -2.17. The molecule has 2 heteroatoms. The summed E-state index contributed by atoms with van der Waals surface area (Å²) < 4.78 is 0. The Morgan fingerprint density at radius 1 is 0.947 bits per heavy atom. The molecule has 0 aliphatic heterocycles. The molecule has 2 aromatic rings. The average Bonchev–Trinajstić information content (AvgIpc) is 2.40. The second-order valence-electron chi connectivity index (χ2n) is 5.21. The number of hydrogen-bond donors (Lipinski definition) is 2. The molecule has 0 aromatic heterocycles. The van der Waals surface area contributed by atoms with Gasteiger partial charge in [0.2, 0.25) is 0 Å². The van der Waals surface area contributed by atoms with Gasteiger partial charge in [0.1, 0.15) is 11.5 Å². The van der Waals surface area contributed by atoms with E-state index in [1.54, 1.807) is 18.2 Å². The van der Waals surface area contributed by atoms with E-state index in [4.69, 9.17) is 0 Å². The highest BCUT2D eigenvalue weighted by Crippen LogP contribution is 2.42. The second-order valence-corrected chi connectivity index (χ2v) is 5.21. The van der Waals surface area contributed by atoms with Gasteiger partial charge in [0.15, 0.2) is 0 Å². The third-order valence-corrected chi connectivity index (χ3v) is 4.03. The van der Waals surface area contributed by atoms with Crippen LogP contribution in [0.1, 0.15) is 36.0 Å². The minimum absolute atomic E-state index is 0.308. The van der Waals surface area contributed by atoms with Crippen molar-refractivity contribution in [2.75, 3.05) is 0 Å². The Morgan fingerprint density at radius 2 is 1.63 bits per heavy atom. The van der Waals surface area contributed by atoms with E-state index in [0.29, 0.717) is 17.4 Å². The van der Waals surface area contributed by atoms with Crippen molar-refractivity contribution < 1.29 is 10.2 Å². The Hall–Kier alpha value is -1.96. The van der Waals surface area contributed by atoms with Gasteiger partial charge in [0.25, 0.3) is 0 Å². The molecule has 0 fully saturated rings. The summed E-state index contributed by atoms with van der Waals surface area (Å²) in [4.78, 5) is 0. The van der Waals surface area contributed by atoms with Crippen LogP contribution in [0.5, 0.6) is 11.5 Å². The molecule has 0 bridgehead atoms. The minimum atomic E-state index is 0.308. The number of phenols is 2. The van der Waals surface area contributed by atoms with Crippen molar-refractivity contribution in [2.45, 2.75) is 25.7 Å². The van der Waals surface area contributed by atoms with Crippen LogP contribution < -0.4 is 0 Å².